The van der Waals surface area contributed by atoms with Crippen molar-refractivity contribution in [1.82, 2.24) is 20.5 Å². The van der Waals surface area contributed by atoms with Crippen LogP contribution in [0.3, 0.4) is 0 Å². The summed E-state index contributed by atoms with van der Waals surface area (Å²) in [6, 6.07) is 7.25. The number of aromatic nitrogens is 1. The largest absolute Gasteiger partial charge is 0.391 e. The lowest BCUT2D eigenvalue weighted by Crippen LogP contribution is -2.56. The molecule has 34 heavy (non-hydrogen) atoms. The number of thiazole rings is 1. The third-order valence-corrected chi connectivity index (χ3v) is 8.10. The molecular formula is C26H36N4O3S. The van der Waals surface area contributed by atoms with Crippen molar-refractivity contribution in [2.45, 2.75) is 77.6 Å². The summed E-state index contributed by atoms with van der Waals surface area (Å²) in [5, 5.41) is 17.7. The van der Waals surface area contributed by atoms with Crippen molar-refractivity contribution in [2.24, 2.45) is 5.41 Å². The fraction of sp³-hybridized carbons (Fsp3) is 0.577. The molecule has 1 aliphatic carbocycles. The smallest absolute Gasteiger partial charge is 0.243 e. The highest BCUT2D eigenvalue weighted by Gasteiger charge is 2.49. The van der Waals surface area contributed by atoms with Crippen LogP contribution in [0.1, 0.15) is 56.3 Å². The summed E-state index contributed by atoms with van der Waals surface area (Å²) < 4.78 is 0. The van der Waals surface area contributed by atoms with Crippen LogP contribution in [0.5, 0.6) is 0 Å². The van der Waals surface area contributed by atoms with Crippen LogP contribution in [0.25, 0.3) is 10.4 Å². The Labute approximate surface area is 206 Å². The zero-order valence-corrected chi connectivity index (χ0v) is 21.8. The van der Waals surface area contributed by atoms with Gasteiger partial charge in [0.15, 0.2) is 0 Å². The molecule has 2 aliphatic rings. The zero-order valence-electron chi connectivity index (χ0n) is 20.9. The maximum atomic E-state index is 13.4. The molecule has 1 aliphatic heterocycles. The maximum Gasteiger partial charge on any atom is 0.243 e. The second-order valence-corrected chi connectivity index (χ2v) is 12.0. The summed E-state index contributed by atoms with van der Waals surface area (Å²) >= 11 is 1.69. The molecule has 2 fully saturated rings. The highest BCUT2D eigenvalue weighted by molar-refractivity contribution is 7.15. The van der Waals surface area contributed by atoms with Crippen LogP contribution < -0.4 is 10.6 Å². The van der Waals surface area contributed by atoms with Crippen molar-refractivity contribution in [3.8, 4) is 10.4 Å². The van der Waals surface area contributed by atoms with Crippen molar-refractivity contribution in [2.75, 3.05) is 13.6 Å². The average Bonchev–Trinajstić information content (AvgIpc) is 3.30. The van der Waals surface area contributed by atoms with Gasteiger partial charge in [0.2, 0.25) is 11.8 Å². The summed E-state index contributed by atoms with van der Waals surface area (Å²) in [7, 11) is 1.76. The van der Waals surface area contributed by atoms with Crippen LogP contribution in [0.15, 0.2) is 24.3 Å². The van der Waals surface area contributed by atoms with Crippen LogP contribution in [-0.4, -0.2) is 58.6 Å². The molecule has 2 heterocycles. The second kappa shape index (κ2) is 9.06. The first-order valence-electron chi connectivity index (χ1n) is 12.0. The average molecular weight is 485 g/mol. The standard InChI is InChI=1S/C26H36N4O3S/c1-15-21(34-16(2)28-15)17-7-9-18(10-8-17)26(11-12-26)29-23(32)20-13-19(31)14-30(20)24(33)22(27-6)25(3,4)5/h7-10,19-20,22,27,31H,11-14H2,1-6H3,(H,29,32)/t19-,20+,22-/m1/s1. The number of β-amino-alcohol motifs (C(OH)–C–C–N with tert-alkyl or cyclic N) is 1. The molecule has 2 aromatic rings. The highest BCUT2D eigenvalue weighted by Crippen LogP contribution is 2.46. The van der Waals surface area contributed by atoms with Gasteiger partial charge in [-0.1, -0.05) is 45.0 Å². The van der Waals surface area contributed by atoms with Gasteiger partial charge in [0.05, 0.1) is 33.3 Å². The van der Waals surface area contributed by atoms with E-state index in [1.165, 1.54) is 4.88 Å². The number of nitrogens with zero attached hydrogens (tertiary/aromatic N) is 2. The minimum Gasteiger partial charge on any atom is -0.391 e. The predicted molar refractivity (Wildman–Crippen MR) is 135 cm³/mol. The SMILES string of the molecule is CN[C@H](C(=O)N1C[C@H](O)C[C@H]1C(=O)NC1(c2ccc(-c3sc(C)nc3C)cc2)CC1)C(C)(C)C. The predicted octanol–water partition coefficient (Wildman–Crippen LogP) is 3.13. The number of hydrogen-bond acceptors (Lipinski definition) is 6. The Morgan fingerprint density at radius 2 is 1.85 bits per heavy atom. The molecule has 1 aromatic carbocycles. The third kappa shape index (κ3) is 4.76. The molecule has 4 rings (SSSR count). The first-order valence-corrected chi connectivity index (χ1v) is 12.8. The monoisotopic (exact) mass is 484 g/mol. The summed E-state index contributed by atoms with van der Waals surface area (Å²) in [5.41, 5.74) is 2.52. The number of carbonyl (C=O) groups is 2. The third-order valence-electron chi connectivity index (χ3n) is 6.98. The number of amides is 2. The van der Waals surface area contributed by atoms with E-state index in [9.17, 15) is 14.7 Å². The van der Waals surface area contributed by atoms with Crippen molar-refractivity contribution in [3.63, 3.8) is 0 Å². The van der Waals surface area contributed by atoms with Gasteiger partial charge in [-0.25, -0.2) is 4.98 Å². The van der Waals surface area contributed by atoms with Crippen molar-refractivity contribution in [3.05, 3.63) is 40.5 Å². The van der Waals surface area contributed by atoms with Crippen LogP contribution in [0.4, 0.5) is 0 Å². The molecule has 1 saturated carbocycles. The first kappa shape index (κ1) is 24.8. The number of aliphatic hydroxyl groups excluding tert-OH is 1. The van der Waals surface area contributed by atoms with E-state index in [1.807, 2.05) is 34.6 Å². The molecule has 184 valence electrons. The van der Waals surface area contributed by atoms with Crippen LogP contribution >= 0.6 is 11.3 Å². The highest BCUT2D eigenvalue weighted by atomic mass is 32.1. The molecule has 7 nitrogen and oxygen atoms in total. The van der Waals surface area contributed by atoms with Gasteiger partial charge in [0.25, 0.3) is 0 Å². The maximum absolute atomic E-state index is 13.4. The number of carbonyl (C=O) groups excluding carboxylic acids is 2. The molecule has 2 amide bonds. The Bertz CT molecular complexity index is 1070. The fourth-order valence-corrected chi connectivity index (χ4v) is 5.99. The lowest BCUT2D eigenvalue weighted by molar-refractivity contribution is -0.142. The van der Waals surface area contributed by atoms with Crippen molar-refractivity contribution >= 4 is 23.2 Å². The van der Waals surface area contributed by atoms with E-state index >= 15 is 0 Å². The zero-order chi connectivity index (χ0) is 24.8. The van der Waals surface area contributed by atoms with Crippen molar-refractivity contribution in [1.29, 1.82) is 0 Å². The topological polar surface area (TPSA) is 94.6 Å². The van der Waals surface area contributed by atoms with Gasteiger partial charge >= 0.3 is 0 Å². The normalized spacial score (nSPS) is 22.5. The van der Waals surface area contributed by atoms with E-state index in [1.54, 1.807) is 23.3 Å². The molecule has 0 bridgehead atoms. The molecule has 1 aromatic heterocycles. The number of likely N-dealkylation sites (tertiary alicyclic amines) is 1. The molecule has 0 radical (unpaired) electrons. The fourth-order valence-electron chi connectivity index (χ4n) is 5.07. The van der Waals surface area contributed by atoms with E-state index < -0.39 is 23.7 Å². The van der Waals surface area contributed by atoms with Crippen molar-refractivity contribution < 1.29 is 14.7 Å². The summed E-state index contributed by atoms with van der Waals surface area (Å²) in [5.74, 6) is -0.333. The lowest BCUT2D eigenvalue weighted by atomic mass is 9.86. The minimum absolute atomic E-state index is 0.142. The Balaban J connectivity index is 1.50. The number of likely N-dealkylation sites (N-methyl/N-ethyl adjacent to an activating group) is 1. The van der Waals surface area contributed by atoms with Gasteiger partial charge in [-0.15, -0.1) is 11.3 Å². The van der Waals surface area contributed by atoms with E-state index in [2.05, 4.69) is 39.9 Å². The van der Waals surface area contributed by atoms with E-state index in [-0.39, 0.29) is 30.2 Å². The van der Waals surface area contributed by atoms with Gasteiger partial charge in [0.1, 0.15) is 6.04 Å². The summed E-state index contributed by atoms with van der Waals surface area (Å²) in [6.07, 6.45) is 1.29. The molecule has 8 heteroatoms. The first-order chi connectivity index (χ1) is 15.9. The summed E-state index contributed by atoms with van der Waals surface area (Å²) in [4.78, 5) is 33.9. The van der Waals surface area contributed by atoms with Crippen LogP contribution in [-0.2, 0) is 15.1 Å². The lowest BCUT2D eigenvalue weighted by Gasteiger charge is -2.35. The molecule has 3 atom stereocenters. The number of aryl methyl sites for hydroxylation is 2. The minimum atomic E-state index is -0.697. The molecule has 0 spiro atoms. The second-order valence-electron chi connectivity index (χ2n) is 10.8. The Hall–Kier alpha value is -2.29. The number of nitrogens with one attached hydrogen (secondary N) is 2. The van der Waals surface area contributed by atoms with Gasteiger partial charge in [0, 0.05) is 13.0 Å². The van der Waals surface area contributed by atoms with E-state index in [0.29, 0.717) is 0 Å². The van der Waals surface area contributed by atoms with Gasteiger partial charge in [-0.3, -0.25) is 9.59 Å². The number of hydrogen-bond donors (Lipinski definition) is 3. The van der Waals surface area contributed by atoms with E-state index in [4.69, 9.17) is 0 Å². The number of benzene rings is 1. The van der Waals surface area contributed by atoms with Gasteiger partial charge < -0.3 is 20.6 Å². The Morgan fingerprint density at radius 1 is 1.21 bits per heavy atom. The molecular weight excluding hydrogens is 448 g/mol. The number of aliphatic hydroxyl groups is 1. The quantitative estimate of drug-likeness (QED) is 0.586. The number of rotatable bonds is 6. The van der Waals surface area contributed by atoms with Crippen LogP contribution in [0, 0.1) is 19.3 Å². The van der Waals surface area contributed by atoms with Gasteiger partial charge in [-0.05, 0) is 50.3 Å². The Morgan fingerprint density at radius 3 is 2.35 bits per heavy atom. The van der Waals surface area contributed by atoms with E-state index in [0.717, 1.165) is 34.7 Å². The molecule has 1 saturated heterocycles. The molecule has 3 N–H and O–H groups in total. The van der Waals surface area contributed by atoms with Crippen LogP contribution in [0.2, 0.25) is 0 Å². The summed E-state index contributed by atoms with van der Waals surface area (Å²) in [6.45, 7) is 10.2. The van der Waals surface area contributed by atoms with Gasteiger partial charge in [-0.2, -0.15) is 0 Å². The molecule has 0 unspecified atom stereocenters. The Kier molecular flexibility index (Phi) is 6.61.